The van der Waals surface area contributed by atoms with Gasteiger partial charge in [-0.25, -0.2) is 4.98 Å². The lowest BCUT2D eigenvalue weighted by molar-refractivity contribution is -0.116. The average molecular weight is 307 g/mol. The van der Waals surface area contributed by atoms with Crippen LogP contribution in [0.5, 0.6) is 5.75 Å². The van der Waals surface area contributed by atoms with Crippen LogP contribution in [0.25, 0.3) is 10.2 Å². The van der Waals surface area contributed by atoms with Crippen LogP contribution in [-0.2, 0) is 4.79 Å². The van der Waals surface area contributed by atoms with Gasteiger partial charge in [-0.1, -0.05) is 11.3 Å². The molecule has 21 heavy (non-hydrogen) atoms. The first-order valence-electron chi connectivity index (χ1n) is 6.87. The summed E-state index contributed by atoms with van der Waals surface area (Å²) in [6, 6.07) is 5.67. The number of aromatic nitrogens is 1. The van der Waals surface area contributed by atoms with Gasteiger partial charge in [0.2, 0.25) is 5.91 Å². The molecule has 0 saturated heterocycles. The Morgan fingerprint density at radius 1 is 1.38 bits per heavy atom. The third kappa shape index (κ3) is 4.68. The minimum atomic E-state index is -0.0298. The number of nitrogens with one attached hydrogen (secondary N) is 2. The van der Waals surface area contributed by atoms with E-state index in [4.69, 9.17) is 4.74 Å². The van der Waals surface area contributed by atoms with Crippen molar-refractivity contribution < 1.29 is 9.53 Å². The quantitative estimate of drug-likeness (QED) is 0.891. The van der Waals surface area contributed by atoms with Crippen LogP contribution in [0.3, 0.4) is 0 Å². The Balaban J connectivity index is 1.95. The number of methoxy groups -OCH3 is 1. The Labute approximate surface area is 128 Å². The van der Waals surface area contributed by atoms with Crippen molar-refractivity contribution in [2.24, 2.45) is 0 Å². The number of hydrogen-bond acceptors (Lipinski definition) is 5. The van der Waals surface area contributed by atoms with Gasteiger partial charge >= 0.3 is 0 Å². The summed E-state index contributed by atoms with van der Waals surface area (Å²) in [6.07, 6.45) is 0.427. The van der Waals surface area contributed by atoms with Crippen LogP contribution in [0.4, 0.5) is 5.13 Å². The molecule has 1 aromatic carbocycles. The second-order valence-corrected chi connectivity index (χ2v) is 6.86. The zero-order valence-electron chi connectivity index (χ0n) is 12.8. The first-order chi connectivity index (χ1) is 9.87. The van der Waals surface area contributed by atoms with Crippen LogP contribution in [0.1, 0.15) is 27.2 Å². The highest BCUT2D eigenvalue weighted by Gasteiger charge is 2.11. The van der Waals surface area contributed by atoms with Crippen molar-refractivity contribution >= 4 is 32.6 Å². The molecule has 0 unspecified atom stereocenters. The third-order valence-electron chi connectivity index (χ3n) is 2.85. The molecule has 0 bridgehead atoms. The molecule has 0 aliphatic heterocycles. The van der Waals surface area contributed by atoms with Crippen molar-refractivity contribution in [1.29, 1.82) is 0 Å². The lowest BCUT2D eigenvalue weighted by Gasteiger charge is -2.19. The summed E-state index contributed by atoms with van der Waals surface area (Å²) in [5.74, 6) is 0.760. The molecule has 0 saturated carbocycles. The third-order valence-corrected chi connectivity index (χ3v) is 3.78. The van der Waals surface area contributed by atoms with Crippen molar-refractivity contribution in [3.05, 3.63) is 18.2 Å². The molecule has 1 aromatic heterocycles. The number of nitrogens with zero attached hydrogens (tertiary/aromatic N) is 1. The summed E-state index contributed by atoms with van der Waals surface area (Å²) in [6.45, 7) is 6.87. The van der Waals surface area contributed by atoms with Gasteiger partial charge in [0.05, 0.1) is 17.3 Å². The molecule has 6 heteroatoms. The predicted octanol–water partition coefficient (Wildman–Crippen LogP) is 3.02. The van der Waals surface area contributed by atoms with E-state index in [2.05, 4.69) is 36.4 Å². The smallest absolute Gasteiger partial charge is 0.227 e. The van der Waals surface area contributed by atoms with Gasteiger partial charge in [-0.3, -0.25) is 4.79 Å². The minimum absolute atomic E-state index is 0.0205. The summed E-state index contributed by atoms with van der Waals surface area (Å²) < 4.78 is 6.18. The van der Waals surface area contributed by atoms with Crippen LogP contribution in [0.2, 0.25) is 0 Å². The van der Waals surface area contributed by atoms with Gasteiger partial charge in [0, 0.05) is 18.5 Å². The van der Waals surface area contributed by atoms with E-state index in [0.29, 0.717) is 18.1 Å². The fraction of sp³-hybridized carbons (Fsp3) is 0.467. The number of rotatable bonds is 5. The van der Waals surface area contributed by atoms with Crippen LogP contribution in [-0.4, -0.2) is 30.1 Å². The number of carbonyl (C=O) groups is 1. The van der Waals surface area contributed by atoms with Crippen LogP contribution < -0.4 is 15.4 Å². The molecular weight excluding hydrogens is 286 g/mol. The molecule has 2 N–H and O–H groups in total. The number of carbonyl (C=O) groups excluding carboxylic acids is 1. The van der Waals surface area contributed by atoms with Crippen molar-refractivity contribution in [1.82, 2.24) is 10.3 Å². The molecule has 0 aliphatic carbocycles. The summed E-state index contributed by atoms with van der Waals surface area (Å²) in [4.78, 5) is 16.3. The summed E-state index contributed by atoms with van der Waals surface area (Å²) in [5, 5.41) is 6.75. The van der Waals surface area contributed by atoms with E-state index < -0.39 is 0 Å². The highest BCUT2D eigenvalue weighted by molar-refractivity contribution is 7.22. The molecule has 0 atom stereocenters. The Morgan fingerprint density at radius 2 is 2.14 bits per heavy atom. The van der Waals surface area contributed by atoms with E-state index in [1.54, 1.807) is 7.11 Å². The van der Waals surface area contributed by atoms with Crippen molar-refractivity contribution in [2.45, 2.75) is 32.7 Å². The number of anilines is 1. The van der Waals surface area contributed by atoms with E-state index in [9.17, 15) is 4.79 Å². The van der Waals surface area contributed by atoms with E-state index in [0.717, 1.165) is 16.0 Å². The number of hydrogen-bond donors (Lipinski definition) is 2. The second-order valence-electron chi connectivity index (χ2n) is 5.83. The molecule has 0 aliphatic rings. The lowest BCUT2D eigenvalue weighted by Crippen LogP contribution is -2.37. The van der Waals surface area contributed by atoms with Gasteiger partial charge in [0.15, 0.2) is 5.13 Å². The first kappa shape index (κ1) is 15.7. The van der Waals surface area contributed by atoms with Gasteiger partial charge < -0.3 is 15.4 Å². The largest absolute Gasteiger partial charge is 0.497 e. The summed E-state index contributed by atoms with van der Waals surface area (Å²) in [5.41, 5.74) is 0.885. The van der Waals surface area contributed by atoms with Gasteiger partial charge in [-0.2, -0.15) is 0 Å². The molecule has 2 rings (SSSR count). The molecule has 0 fully saturated rings. The van der Waals surface area contributed by atoms with E-state index in [-0.39, 0.29) is 11.4 Å². The number of benzene rings is 1. The van der Waals surface area contributed by atoms with Gasteiger partial charge in [0.1, 0.15) is 5.75 Å². The highest BCUT2D eigenvalue weighted by Crippen LogP contribution is 2.29. The summed E-state index contributed by atoms with van der Waals surface area (Å²) in [7, 11) is 1.63. The molecule has 114 valence electrons. The standard InChI is InChI=1S/C15H21N3O2S/c1-15(2,3)16-8-7-13(19)18-14-17-11-6-5-10(20-4)9-12(11)21-14/h5-6,9,16H,7-8H2,1-4H3,(H,17,18,19). The van der Waals surface area contributed by atoms with Gasteiger partial charge in [-0.05, 0) is 39.0 Å². The maximum Gasteiger partial charge on any atom is 0.227 e. The number of fused-ring (bicyclic) bond motifs is 1. The molecule has 5 nitrogen and oxygen atoms in total. The number of amides is 1. The number of ether oxygens (including phenoxy) is 1. The van der Waals surface area contributed by atoms with Gasteiger partial charge in [0.25, 0.3) is 0 Å². The predicted molar refractivity (Wildman–Crippen MR) is 87.2 cm³/mol. The minimum Gasteiger partial charge on any atom is -0.497 e. The Hall–Kier alpha value is -1.66. The molecular formula is C15H21N3O2S. The summed E-state index contributed by atoms with van der Waals surface area (Å²) >= 11 is 1.45. The van der Waals surface area contributed by atoms with Crippen LogP contribution in [0, 0.1) is 0 Å². The van der Waals surface area contributed by atoms with Crippen molar-refractivity contribution in [3.63, 3.8) is 0 Å². The monoisotopic (exact) mass is 307 g/mol. The van der Waals surface area contributed by atoms with E-state index in [1.165, 1.54) is 11.3 Å². The second kappa shape index (κ2) is 6.41. The van der Waals surface area contributed by atoms with Crippen LogP contribution >= 0.6 is 11.3 Å². The normalized spacial score (nSPS) is 11.6. The van der Waals surface area contributed by atoms with E-state index in [1.807, 2.05) is 18.2 Å². The SMILES string of the molecule is COc1ccc2nc(NC(=O)CCNC(C)(C)C)sc2c1. The lowest BCUT2D eigenvalue weighted by atomic mass is 10.1. The molecule has 1 heterocycles. The Kier molecular flexibility index (Phi) is 4.80. The zero-order valence-corrected chi connectivity index (χ0v) is 13.6. The molecule has 2 aromatic rings. The maximum absolute atomic E-state index is 11.9. The fourth-order valence-corrected chi connectivity index (χ4v) is 2.73. The van der Waals surface area contributed by atoms with Gasteiger partial charge in [-0.15, -0.1) is 0 Å². The highest BCUT2D eigenvalue weighted by atomic mass is 32.1. The Morgan fingerprint density at radius 3 is 2.81 bits per heavy atom. The fourth-order valence-electron chi connectivity index (χ4n) is 1.82. The first-order valence-corrected chi connectivity index (χ1v) is 7.68. The number of thiazole rings is 1. The Bertz CT molecular complexity index is 631. The molecule has 1 amide bonds. The maximum atomic E-state index is 11.9. The topological polar surface area (TPSA) is 63.2 Å². The molecule has 0 radical (unpaired) electrons. The van der Waals surface area contributed by atoms with Crippen LogP contribution in [0.15, 0.2) is 18.2 Å². The molecule has 0 spiro atoms. The average Bonchev–Trinajstić information content (AvgIpc) is 2.77. The van der Waals surface area contributed by atoms with E-state index >= 15 is 0 Å². The van der Waals surface area contributed by atoms with Crippen molar-refractivity contribution in [2.75, 3.05) is 19.0 Å². The van der Waals surface area contributed by atoms with Crippen molar-refractivity contribution in [3.8, 4) is 5.75 Å². The zero-order chi connectivity index (χ0) is 15.5.